The van der Waals surface area contributed by atoms with Crippen molar-refractivity contribution in [3.05, 3.63) is 11.1 Å². The summed E-state index contributed by atoms with van der Waals surface area (Å²) in [7, 11) is 1.33. The first kappa shape index (κ1) is 7.17. The molecule has 0 fully saturated rings. The number of carbonyl (C=O) groups is 1. The number of esters is 1. The molecule has 0 aliphatic rings. The van der Waals surface area contributed by atoms with Gasteiger partial charge in [-0.3, -0.25) is 0 Å². The van der Waals surface area contributed by atoms with Crippen LogP contribution in [0.5, 0.6) is 0 Å². The normalized spacial score (nSPS) is 10.4. The number of nitrogens with zero attached hydrogens (tertiary/aromatic N) is 4. The topological polar surface area (TPSA) is 69.4 Å². The van der Waals surface area contributed by atoms with Crippen molar-refractivity contribution in [3.8, 4) is 0 Å². The van der Waals surface area contributed by atoms with Gasteiger partial charge in [0.2, 0.25) is 4.96 Å². The van der Waals surface area contributed by atoms with Crippen molar-refractivity contribution in [1.82, 2.24) is 20.0 Å². The van der Waals surface area contributed by atoms with Crippen LogP contribution >= 0.6 is 11.3 Å². The molecule has 2 heterocycles. The summed E-state index contributed by atoms with van der Waals surface area (Å²) < 4.78 is 5.94. The van der Waals surface area contributed by atoms with Crippen LogP contribution in [-0.2, 0) is 4.74 Å². The number of hydrogen-bond acceptors (Lipinski definition) is 6. The Labute approximate surface area is 70.8 Å². The van der Waals surface area contributed by atoms with Crippen molar-refractivity contribution in [2.45, 2.75) is 0 Å². The van der Waals surface area contributed by atoms with Crippen molar-refractivity contribution in [3.63, 3.8) is 0 Å². The molecule has 7 heteroatoms. The van der Waals surface area contributed by atoms with Gasteiger partial charge in [-0.2, -0.15) is 4.52 Å². The second kappa shape index (κ2) is 2.52. The largest absolute Gasteiger partial charge is 0.465 e. The van der Waals surface area contributed by atoms with Crippen LogP contribution in [0.3, 0.4) is 0 Å². The number of methoxy groups -OCH3 is 1. The van der Waals surface area contributed by atoms with E-state index >= 15 is 0 Å². The number of fused-ring (bicyclic) bond motifs is 1. The molecule has 0 amide bonds. The van der Waals surface area contributed by atoms with Crippen molar-refractivity contribution in [2.24, 2.45) is 0 Å². The summed E-state index contributed by atoms with van der Waals surface area (Å²) in [5.41, 5.74) is 0. The fraction of sp³-hybridized carbons (Fsp3) is 0.200. The quantitative estimate of drug-likeness (QED) is 0.582. The Hall–Kier alpha value is -1.50. The van der Waals surface area contributed by atoms with Gasteiger partial charge in [-0.05, 0) is 10.4 Å². The Balaban J connectivity index is 2.51. The number of ether oxygens (including phenoxy) is 1. The number of thiazole rings is 1. The molecule has 62 valence electrons. The van der Waals surface area contributed by atoms with Gasteiger partial charge in [0.15, 0.2) is 0 Å². The van der Waals surface area contributed by atoms with Crippen LogP contribution in [0.25, 0.3) is 4.96 Å². The molecule has 12 heavy (non-hydrogen) atoms. The maximum absolute atomic E-state index is 11.0. The molecule has 0 aromatic carbocycles. The van der Waals surface area contributed by atoms with Gasteiger partial charge < -0.3 is 4.74 Å². The minimum absolute atomic E-state index is 0.382. The lowest BCUT2D eigenvalue weighted by atomic mass is 10.6. The molecule has 0 N–H and O–H groups in total. The molecule has 0 radical (unpaired) electrons. The fourth-order valence-corrected chi connectivity index (χ4v) is 1.54. The zero-order chi connectivity index (χ0) is 8.55. The SMILES string of the molecule is COC(=O)c1cn2nnnc2s1. The highest BCUT2D eigenvalue weighted by Gasteiger charge is 2.11. The van der Waals surface area contributed by atoms with Crippen LogP contribution in [0.15, 0.2) is 6.20 Å². The van der Waals surface area contributed by atoms with Crippen molar-refractivity contribution in [2.75, 3.05) is 7.11 Å². The summed E-state index contributed by atoms with van der Waals surface area (Å²) in [5, 5.41) is 10.7. The average Bonchev–Trinajstić information content (AvgIpc) is 2.60. The van der Waals surface area contributed by atoms with Gasteiger partial charge in [-0.1, -0.05) is 16.4 Å². The van der Waals surface area contributed by atoms with Crippen LogP contribution in [0.2, 0.25) is 0 Å². The lowest BCUT2D eigenvalue weighted by molar-refractivity contribution is 0.0606. The summed E-state index contributed by atoms with van der Waals surface area (Å²) >= 11 is 1.19. The van der Waals surface area contributed by atoms with Crippen molar-refractivity contribution in [1.29, 1.82) is 0 Å². The second-order valence-corrected chi connectivity index (χ2v) is 3.00. The fourth-order valence-electron chi connectivity index (χ4n) is 0.764. The summed E-state index contributed by atoms with van der Waals surface area (Å²) in [6.07, 6.45) is 1.53. The van der Waals surface area contributed by atoms with E-state index in [2.05, 4.69) is 20.3 Å². The van der Waals surface area contributed by atoms with Crippen molar-refractivity contribution < 1.29 is 9.53 Å². The highest BCUT2D eigenvalue weighted by atomic mass is 32.1. The molecule has 0 aliphatic carbocycles. The Kier molecular flexibility index (Phi) is 1.51. The Morgan fingerprint density at radius 2 is 2.58 bits per heavy atom. The average molecular weight is 184 g/mol. The molecule has 6 nitrogen and oxygen atoms in total. The minimum atomic E-state index is -0.382. The third kappa shape index (κ3) is 0.944. The number of tetrazole rings is 1. The van der Waals surface area contributed by atoms with E-state index in [-0.39, 0.29) is 5.97 Å². The molecule has 0 bridgehead atoms. The van der Waals surface area contributed by atoms with Crippen LogP contribution in [-0.4, -0.2) is 33.1 Å². The molecular weight excluding hydrogens is 180 g/mol. The first-order chi connectivity index (χ1) is 5.81. The van der Waals surface area contributed by atoms with E-state index in [0.29, 0.717) is 9.84 Å². The van der Waals surface area contributed by atoms with Gasteiger partial charge >= 0.3 is 5.97 Å². The standard InChI is InChI=1S/C5H4N4O2S/c1-11-4(10)3-2-9-5(12-3)6-7-8-9/h2H,1H3. The third-order valence-corrected chi connectivity index (χ3v) is 2.23. The lowest BCUT2D eigenvalue weighted by Gasteiger charge is -1.89. The van der Waals surface area contributed by atoms with E-state index in [9.17, 15) is 4.79 Å². The summed E-state index contributed by atoms with van der Waals surface area (Å²) in [5.74, 6) is -0.382. The lowest BCUT2D eigenvalue weighted by Crippen LogP contribution is -1.97. The Bertz CT molecular complexity index is 391. The molecule has 0 atom stereocenters. The first-order valence-electron chi connectivity index (χ1n) is 3.07. The smallest absolute Gasteiger partial charge is 0.349 e. The van der Waals surface area contributed by atoms with Crippen LogP contribution in [0.1, 0.15) is 9.67 Å². The minimum Gasteiger partial charge on any atom is -0.465 e. The molecule has 0 aliphatic heterocycles. The van der Waals surface area contributed by atoms with Gasteiger partial charge in [-0.15, -0.1) is 0 Å². The summed E-state index contributed by atoms with van der Waals surface area (Å²) in [4.78, 5) is 12.0. The molecule has 2 aromatic heterocycles. The van der Waals surface area contributed by atoms with E-state index in [0.717, 1.165) is 0 Å². The van der Waals surface area contributed by atoms with E-state index in [1.54, 1.807) is 0 Å². The van der Waals surface area contributed by atoms with E-state index in [1.807, 2.05) is 0 Å². The number of aromatic nitrogens is 4. The third-order valence-electron chi connectivity index (χ3n) is 1.29. The zero-order valence-electron chi connectivity index (χ0n) is 6.09. The first-order valence-corrected chi connectivity index (χ1v) is 3.89. The Morgan fingerprint density at radius 3 is 3.25 bits per heavy atom. The molecule has 2 rings (SSSR count). The highest BCUT2D eigenvalue weighted by Crippen LogP contribution is 2.14. The van der Waals surface area contributed by atoms with Gasteiger partial charge in [0, 0.05) is 0 Å². The Morgan fingerprint density at radius 1 is 1.75 bits per heavy atom. The van der Waals surface area contributed by atoms with Gasteiger partial charge in [0.1, 0.15) is 4.88 Å². The molecule has 2 aromatic rings. The predicted octanol–water partition coefficient (Wildman–Crippen LogP) is -0.0276. The number of hydrogen-bond donors (Lipinski definition) is 0. The van der Waals surface area contributed by atoms with E-state index in [1.165, 1.54) is 29.2 Å². The van der Waals surface area contributed by atoms with Gasteiger partial charge in [0.25, 0.3) is 0 Å². The molecular formula is C5H4N4O2S. The molecule has 0 saturated heterocycles. The molecule has 0 unspecified atom stereocenters. The monoisotopic (exact) mass is 184 g/mol. The highest BCUT2D eigenvalue weighted by molar-refractivity contribution is 7.18. The summed E-state index contributed by atoms with van der Waals surface area (Å²) in [6, 6.07) is 0. The van der Waals surface area contributed by atoms with Crippen LogP contribution in [0, 0.1) is 0 Å². The van der Waals surface area contributed by atoms with Gasteiger partial charge in [-0.25, -0.2) is 4.79 Å². The maximum Gasteiger partial charge on any atom is 0.349 e. The van der Waals surface area contributed by atoms with Crippen LogP contribution in [0.4, 0.5) is 0 Å². The maximum atomic E-state index is 11.0. The van der Waals surface area contributed by atoms with Crippen molar-refractivity contribution >= 4 is 22.3 Å². The van der Waals surface area contributed by atoms with E-state index < -0.39 is 0 Å². The predicted molar refractivity (Wildman–Crippen MR) is 40.0 cm³/mol. The zero-order valence-corrected chi connectivity index (χ0v) is 6.91. The number of carbonyl (C=O) groups excluding carboxylic acids is 1. The van der Waals surface area contributed by atoms with E-state index in [4.69, 9.17) is 0 Å². The number of rotatable bonds is 1. The van der Waals surface area contributed by atoms with Crippen LogP contribution < -0.4 is 0 Å². The second-order valence-electron chi connectivity index (χ2n) is 1.99. The molecule has 0 saturated carbocycles. The molecule has 0 spiro atoms. The van der Waals surface area contributed by atoms with Gasteiger partial charge in [0.05, 0.1) is 13.3 Å². The summed E-state index contributed by atoms with van der Waals surface area (Å²) in [6.45, 7) is 0.